The van der Waals surface area contributed by atoms with Gasteiger partial charge in [0.05, 0.1) is 18.3 Å². The largest absolute Gasteiger partial charge is 0.389 e. The van der Waals surface area contributed by atoms with Crippen molar-refractivity contribution in [3.05, 3.63) is 29.8 Å². The number of hydrogen-bond acceptors (Lipinski definition) is 3. The van der Waals surface area contributed by atoms with E-state index < -0.39 is 6.10 Å². The average Bonchev–Trinajstić information content (AvgIpc) is 2.19. The summed E-state index contributed by atoms with van der Waals surface area (Å²) in [7, 11) is 0. The first-order valence-corrected chi connectivity index (χ1v) is 4.64. The van der Waals surface area contributed by atoms with Crippen LogP contribution in [-0.2, 0) is 0 Å². The molecule has 1 aromatic rings. The maximum absolute atomic E-state index is 9.27. The van der Waals surface area contributed by atoms with Crippen LogP contribution < -0.4 is 5.43 Å². The highest BCUT2D eigenvalue weighted by Crippen LogP contribution is 2.15. The van der Waals surface area contributed by atoms with Gasteiger partial charge >= 0.3 is 0 Å². The van der Waals surface area contributed by atoms with Gasteiger partial charge in [0.1, 0.15) is 0 Å². The van der Waals surface area contributed by atoms with Crippen molar-refractivity contribution >= 4 is 5.69 Å². The minimum absolute atomic E-state index is 0.429. The van der Waals surface area contributed by atoms with Crippen LogP contribution in [0.3, 0.4) is 0 Å². The van der Waals surface area contributed by atoms with E-state index in [-0.39, 0.29) is 0 Å². The van der Waals surface area contributed by atoms with E-state index in [1.165, 1.54) is 0 Å². The van der Waals surface area contributed by atoms with Crippen LogP contribution in [0.2, 0.25) is 0 Å². The van der Waals surface area contributed by atoms with Crippen molar-refractivity contribution in [1.82, 2.24) is 0 Å². The number of rotatable bonds is 4. The highest BCUT2D eigenvalue weighted by atomic mass is 16.3. The molecule has 0 fully saturated rings. The fraction of sp³-hybridized carbons (Fsp3) is 0.400. The molecule has 0 aliphatic heterocycles. The third-order valence-corrected chi connectivity index (χ3v) is 1.78. The van der Waals surface area contributed by atoms with E-state index in [2.05, 4.69) is 15.8 Å². The molecule has 14 heavy (non-hydrogen) atoms. The smallest absolute Gasteiger partial charge is 0.0761 e. The summed E-state index contributed by atoms with van der Waals surface area (Å²) in [5.41, 5.74) is 4.55. The number of hydrogen-bond donors (Lipinski definition) is 2. The summed E-state index contributed by atoms with van der Waals surface area (Å²) in [4.78, 5) is 0. The van der Waals surface area contributed by atoms with Crippen LogP contribution >= 0.6 is 0 Å². The van der Waals surface area contributed by atoms with Gasteiger partial charge in [-0.25, -0.2) is 0 Å². The molecule has 0 spiro atoms. The Bertz CT molecular complexity index is 293. The molecule has 4 nitrogen and oxygen atoms in total. The van der Waals surface area contributed by atoms with E-state index >= 15 is 0 Å². The van der Waals surface area contributed by atoms with Gasteiger partial charge in [-0.05, 0) is 31.5 Å². The molecule has 2 N–H and O–H groups in total. The summed E-state index contributed by atoms with van der Waals surface area (Å²) in [5, 5.41) is 16.8. The first-order valence-electron chi connectivity index (χ1n) is 4.64. The van der Waals surface area contributed by atoms with Crippen molar-refractivity contribution in [3.63, 3.8) is 0 Å². The van der Waals surface area contributed by atoms with Crippen molar-refractivity contribution in [2.45, 2.75) is 20.0 Å². The monoisotopic (exact) mass is 193 g/mol. The molecule has 0 amide bonds. The Morgan fingerprint density at radius 2 is 2.00 bits per heavy atom. The lowest BCUT2D eigenvalue weighted by Gasteiger charge is -2.04. The van der Waals surface area contributed by atoms with Crippen molar-refractivity contribution in [2.75, 3.05) is 12.0 Å². The van der Waals surface area contributed by atoms with E-state index in [1.54, 1.807) is 6.92 Å². The van der Waals surface area contributed by atoms with Crippen LogP contribution in [0.5, 0.6) is 0 Å². The third kappa shape index (κ3) is 3.14. The number of benzene rings is 1. The standard InChI is InChI=1S/C10H15N3O/c1-3-11-13-12-10-6-4-9(5-7-10)8(2)14/h4-8,14H,3H2,1-2H3,(H,11,12). The number of aliphatic hydroxyl groups is 1. The van der Waals surface area contributed by atoms with Crippen LogP contribution in [0.1, 0.15) is 25.5 Å². The van der Waals surface area contributed by atoms with E-state index in [9.17, 15) is 5.11 Å². The molecule has 1 rings (SSSR count). The van der Waals surface area contributed by atoms with Crippen LogP contribution in [0.15, 0.2) is 34.6 Å². The van der Waals surface area contributed by atoms with Gasteiger partial charge < -0.3 is 5.11 Å². The summed E-state index contributed by atoms with van der Waals surface area (Å²) < 4.78 is 0. The first kappa shape index (κ1) is 10.7. The zero-order valence-corrected chi connectivity index (χ0v) is 8.44. The van der Waals surface area contributed by atoms with Gasteiger partial charge in [-0.3, -0.25) is 5.43 Å². The molecule has 0 heterocycles. The molecule has 1 unspecified atom stereocenters. The predicted molar refractivity (Wildman–Crippen MR) is 56.1 cm³/mol. The molecule has 0 aromatic heterocycles. The van der Waals surface area contributed by atoms with E-state index in [0.717, 1.165) is 11.3 Å². The van der Waals surface area contributed by atoms with Crippen molar-refractivity contribution in [1.29, 1.82) is 0 Å². The molecule has 0 aliphatic rings. The van der Waals surface area contributed by atoms with Gasteiger partial charge in [0.2, 0.25) is 0 Å². The summed E-state index contributed by atoms with van der Waals surface area (Å²) >= 11 is 0. The Hall–Kier alpha value is -1.42. The summed E-state index contributed by atoms with van der Waals surface area (Å²) in [5.74, 6) is 0. The molecule has 0 saturated carbocycles. The second-order valence-electron chi connectivity index (χ2n) is 2.97. The predicted octanol–water partition coefficient (Wildman–Crippen LogP) is 2.54. The van der Waals surface area contributed by atoms with E-state index in [4.69, 9.17) is 0 Å². The second kappa shape index (κ2) is 5.34. The van der Waals surface area contributed by atoms with Crippen LogP contribution in [0.25, 0.3) is 0 Å². The van der Waals surface area contributed by atoms with Crippen LogP contribution in [0.4, 0.5) is 5.69 Å². The summed E-state index contributed by atoms with van der Waals surface area (Å²) in [6.07, 6.45) is -0.429. The number of aliphatic hydroxyl groups excluding tert-OH is 1. The molecular weight excluding hydrogens is 178 g/mol. The Kier molecular flexibility index (Phi) is 4.07. The van der Waals surface area contributed by atoms with Gasteiger partial charge in [-0.15, -0.1) is 0 Å². The van der Waals surface area contributed by atoms with Gasteiger partial charge in [0, 0.05) is 0 Å². The Labute approximate surface area is 83.7 Å². The average molecular weight is 193 g/mol. The normalized spacial score (nSPS) is 13.1. The molecular formula is C10H15N3O. The summed E-state index contributed by atoms with van der Waals surface area (Å²) in [6.45, 7) is 4.32. The minimum Gasteiger partial charge on any atom is -0.389 e. The first-order chi connectivity index (χ1) is 6.74. The minimum atomic E-state index is -0.429. The second-order valence-corrected chi connectivity index (χ2v) is 2.97. The summed E-state index contributed by atoms with van der Waals surface area (Å²) in [6, 6.07) is 7.43. The topological polar surface area (TPSA) is 57.0 Å². The van der Waals surface area contributed by atoms with Crippen molar-refractivity contribution in [2.24, 2.45) is 10.3 Å². The zero-order valence-electron chi connectivity index (χ0n) is 8.44. The molecule has 1 aromatic carbocycles. The quantitative estimate of drug-likeness (QED) is 0.570. The van der Waals surface area contributed by atoms with Crippen LogP contribution in [-0.4, -0.2) is 11.7 Å². The van der Waals surface area contributed by atoms with Gasteiger partial charge in [-0.1, -0.05) is 17.4 Å². The molecule has 0 aliphatic carbocycles. The Balaban J connectivity index is 2.59. The highest BCUT2D eigenvalue weighted by molar-refractivity contribution is 5.43. The van der Waals surface area contributed by atoms with E-state index in [0.29, 0.717) is 6.54 Å². The number of nitrogens with one attached hydrogen (secondary N) is 1. The fourth-order valence-corrected chi connectivity index (χ4v) is 1.000. The van der Waals surface area contributed by atoms with Gasteiger partial charge in [0.15, 0.2) is 0 Å². The molecule has 4 heteroatoms. The van der Waals surface area contributed by atoms with Crippen molar-refractivity contribution in [3.8, 4) is 0 Å². The lowest BCUT2D eigenvalue weighted by atomic mass is 10.1. The molecule has 0 saturated heterocycles. The zero-order chi connectivity index (χ0) is 10.4. The van der Waals surface area contributed by atoms with E-state index in [1.807, 2.05) is 31.2 Å². The van der Waals surface area contributed by atoms with Crippen molar-refractivity contribution < 1.29 is 5.11 Å². The molecule has 0 radical (unpaired) electrons. The number of anilines is 1. The van der Waals surface area contributed by atoms with Gasteiger partial charge in [-0.2, -0.15) is 5.11 Å². The Morgan fingerprint density at radius 3 is 2.50 bits per heavy atom. The fourth-order valence-electron chi connectivity index (χ4n) is 1.000. The lowest BCUT2D eigenvalue weighted by molar-refractivity contribution is 0.199. The molecule has 1 atom stereocenters. The SMILES string of the molecule is CCN=NNc1ccc(C(C)O)cc1. The Morgan fingerprint density at radius 1 is 1.36 bits per heavy atom. The number of nitrogens with zero attached hydrogens (tertiary/aromatic N) is 2. The van der Waals surface area contributed by atoms with Crippen LogP contribution in [0, 0.1) is 0 Å². The maximum Gasteiger partial charge on any atom is 0.0761 e. The third-order valence-electron chi connectivity index (χ3n) is 1.78. The maximum atomic E-state index is 9.27. The van der Waals surface area contributed by atoms with Gasteiger partial charge in [0.25, 0.3) is 0 Å². The molecule has 0 bridgehead atoms. The lowest BCUT2D eigenvalue weighted by Crippen LogP contribution is -1.92. The highest BCUT2D eigenvalue weighted by Gasteiger charge is 1.98. The molecule has 76 valence electrons.